The molecule has 0 aliphatic carbocycles. The molecule has 0 spiro atoms. The molecular formula is C27H32BN4O+. The van der Waals surface area contributed by atoms with Crippen LogP contribution < -0.4 is 15.0 Å². The molecule has 1 aliphatic heterocycles. The van der Waals surface area contributed by atoms with E-state index in [4.69, 9.17) is 4.42 Å². The lowest BCUT2D eigenvalue weighted by molar-refractivity contribution is -0.657. The Hall–Kier alpha value is -3.28. The first kappa shape index (κ1) is 21.6. The van der Waals surface area contributed by atoms with E-state index < -0.39 is 0 Å². The summed E-state index contributed by atoms with van der Waals surface area (Å²) in [4.78, 5) is 6.83. The lowest BCUT2D eigenvalue weighted by Gasteiger charge is -2.28. The zero-order chi connectivity index (χ0) is 23.4. The second-order valence-corrected chi connectivity index (χ2v) is 9.74. The summed E-state index contributed by atoms with van der Waals surface area (Å²) in [6, 6.07) is 10.8. The van der Waals surface area contributed by atoms with Gasteiger partial charge >= 0.3 is 12.8 Å². The zero-order valence-corrected chi connectivity index (χ0v) is 20.6. The maximum Gasteiger partial charge on any atom is 0.412 e. The highest BCUT2D eigenvalue weighted by atomic mass is 16.3. The summed E-state index contributed by atoms with van der Waals surface area (Å²) in [5, 5.41) is 1.07. The summed E-state index contributed by atoms with van der Waals surface area (Å²) in [7, 11) is 2.12. The van der Waals surface area contributed by atoms with E-state index in [2.05, 4.69) is 110 Å². The number of fused-ring (bicyclic) bond motifs is 3. The third-order valence-electron chi connectivity index (χ3n) is 6.80. The molecule has 0 saturated carbocycles. The maximum absolute atomic E-state index is 6.27. The Balaban J connectivity index is 1.73. The van der Waals surface area contributed by atoms with Crippen LogP contribution in [0.2, 0.25) is 6.82 Å². The molecule has 0 atom stereocenters. The Kier molecular flexibility index (Phi) is 5.19. The van der Waals surface area contributed by atoms with Crippen molar-refractivity contribution < 1.29 is 8.98 Å². The quantitative estimate of drug-likeness (QED) is 0.316. The van der Waals surface area contributed by atoms with Crippen molar-refractivity contribution in [2.45, 2.75) is 53.3 Å². The number of rotatable bonds is 4. The van der Waals surface area contributed by atoms with Crippen molar-refractivity contribution in [3.8, 4) is 5.69 Å². The van der Waals surface area contributed by atoms with Gasteiger partial charge in [0.2, 0.25) is 5.71 Å². The van der Waals surface area contributed by atoms with Gasteiger partial charge in [0, 0.05) is 17.1 Å². The highest BCUT2D eigenvalue weighted by molar-refractivity contribution is 6.76. The molecule has 0 radical (unpaired) electrons. The van der Waals surface area contributed by atoms with Crippen LogP contribution in [0.3, 0.4) is 0 Å². The number of aromatic nitrogens is 3. The Bertz CT molecular complexity index is 1350. The molecule has 4 aromatic rings. The fourth-order valence-electron chi connectivity index (χ4n) is 5.18. The average molecular weight is 439 g/mol. The minimum Gasteiger partial charge on any atom is -0.448 e. The summed E-state index contributed by atoms with van der Waals surface area (Å²) in [6.45, 7) is 13.5. The van der Waals surface area contributed by atoms with Gasteiger partial charge in [-0.25, -0.2) is 14.1 Å². The average Bonchev–Trinajstić information content (AvgIpc) is 3.34. The SMILES string of the molecule is CB1c2oc3ncccc3c2C=C(C)N1c1n(-c2c(C(C)C)cccc2C(C)C)cc[n+]1C. The standard InChI is InChI=1S/C27H32BN4O/c1-17(2)20-10-8-11-21(18(3)4)24(20)31-15-14-30(7)27(31)32-19(5)16-23-22-12-9-13-29-26(22)33-25(23)28(32)6/h8-18H,1-7H3/q+1. The van der Waals surface area contributed by atoms with Crippen molar-refractivity contribution in [1.29, 1.82) is 0 Å². The van der Waals surface area contributed by atoms with E-state index in [1.807, 2.05) is 6.07 Å². The van der Waals surface area contributed by atoms with Gasteiger partial charge in [-0.1, -0.05) is 45.9 Å². The Labute approximate surface area is 196 Å². The van der Waals surface area contributed by atoms with Gasteiger partial charge < -0.3 is 4.42 Å². The molecule has 168 valence electrons. The van der Waals surface area contributed by atoms with Crippen LogP contribution in [0.1, 0.15) is 63.1 Å². The van der Waals surface area contributed by atoms with Crippen LogP contribution in [0, 0.1) is 0 Å². The molecule has 0 unspecified atom stereocenters. The van der Waals surface area contributed by atoms with Crippen LogP contribution in [0.25, 0.3) is 22.9 Å². The lowest BCUT2D eigenvalue weighted by Crippen LogP contribution is -2.52. The number of aryl methyl sites for hydroxylation is 1. The number of anilines is 1. The Morgan fingerprint density at radius 3 is 2.39 bits per heavy atom. The van der Waals surface area contributed by atoms with E-state index in [1.54, 1.807) is 6.20 Å². The fraction of sp³-hybridized carbons (Fsp3) is 0.333. The van der Waals surface area contributed by atoms with E-state index in [9.17, 15) is 0 Å². The van der Waals surface area contributed by atoms with Crippen LogP contribution in [0.4, 0.5) is 5.95 Å². The predicted molar refractivity (Wildman–Crippen MR) is 137 cm³/mol. The molecule has 0 N–H and O–H groups in total. The van der Waals surface area contributed by atoms with Gasteiger partial charge in [-0.15, -0.1) is 0 Å². The first-order valence-electron chi connectivity index (χ1n) is 11.8. The van der Waals surface area contributed by atoms with Crippen molar-refractivity contribution in [2.24, 2.45) is 7.05 Å². The van der Waals surface area contributed by atoms with Gasteiger partial charge in [0.1, 0.15) is 17.5 Å². The van der Waals surface area contributed by atoms with Gasteiger partial charge in [0.25, 0.3) is 0 Å². The van der Waals surface area contributed by atoms with Crippen LogP contribution in [0.15, 0.2) is 59.0 Å². The normalized spacial score (nSPS) is 13.9. The van der Waals surface area contributed by atoms with Crippen LogP contribution in [-0.4, -0.2) is 16.4 Å². The van der Waals surface area contributed by atoms with Gasteiger partial charge in [0.15, 0.2) is 0 Å². The van der Waals surface area contributed by atoms with Crippen LogP contribution >= 0.6 is 0 Å². The number of nitrogens with zero attached hydrogens (tertiary/aromatic N) is 4. The molecular weight excluding hydrogens is 407 g/mol. The van der Waals surface area contributed by atoms with Gasteiger partial charge in [-0.2, -0.15) is 0 Å². The number of furan rings is 1. The summed E-state index contributed by atoms with van der Waals surface area (Å²) >= 11 is 0. The molecule has 0 bridgehead atoms. The minimum atomic E-state index is 0.0350. The monoisotopic (exact) mass is 439 g/mol. The molecule has 3 aromatic heterocycles. The molecule has 5 nitrogen and oxygen atoms in total. The number of hydrogen-bond donors (Lipinski definition) is 0. The number of benzene rings is 1. The first-order chi connectivity index (χ1) is 15.8. The number of hydrogen-bond acceptors (Lipinski definition) is 3. The van der Waals surface area contributed by atoms with Crippen molar-refractivity contribution in [3.63, 3.8) is 0 Å². The van der Waals surface area contributed by atoms with Gasteiger partial charge in [-0.05, 0) is 54.9 Å². The largest absolute Gasteiger partial charge is 0.448 e. The number of para-hydroxylation sites is 1. The van der Waals surface area contributed by atoms with Crippen LogP contribution in [-0.2, 0) is 7.05 Å². The fourth-order valence-corrected chi connectivity index (χ4v) is 5.18. The first-order valence-corrected chi connectivity index (χ1v) is 11.8. The molecule has 33 heavy (non-hydrogen) atoms. The summed E-state index contributed by atoms with van der Waals surface area (Å²) in [6.07, 6.45) is 8.36. The maximum atomic E-state index is 6.27. The zero-order valence-electron chi connectivity index (χ0n) is 20.6. The molecule has 1 aromatic carbocycles. The Morgan fingerprint density at radius 1 is 1.03 bits per heavy atom. The van der Waals surface area contributed by atoms with Crippen LogP contribution in [0.5, 0.6) is 0 Å². The van der Waals surface area contributed by atoms with E-state index >= 15 is 0 Å². The van der Waals surface area contributed by atoms with E-state index in [0.717, 1.165) is 22.6 Å². The van der Waals surface area contributed by atoms with Crippen molar-refractivity contribution in [2.75, 3.05) is 4.81 Å². The van der Waals surface area contributed by atoms with Crippen molar-refractivity contribution in [1.82, 2.24) is 9.55 Å². The molecule has 5 rings (SSSR count). The van der Waals surface area contributed by atoms with E-state index in [-0.39, 0.29) is 6.85 Å². The number of imidazole rings is 1. The number of allylic oxidation sites excluding steroid dienone is 1. The van der Waals surface area contributed by atoms with Gasteiger partial charge in [-0.3, -0.25) is 4.81 Å². The second kappa shape index (κ2) is 7.94. The molecule has 6 heteroatoms. The molecule has 1 aliphatic rings. The highest BCUT2D eigenvalue weighted by Gasteiger charge is 2.42. The smallest absolute Gasteiger partial charge is 0.412 e. The van der Waals surface area contributed by atoms with Crippen molar-refractivity contribution >= 4 is 35.6 Å². The topological polar surface area (TPSA) is 38.1 Å². The summed E-state index contributed by atoms with van der Waals surface area (Å²) in [5.41, 5.74) is 8.00. The predicted octanol–water partition coefficient (Wildman–Crippen LogP) is 5.40. The van der Waals surface area contributed by atoms with E-state index in [1.165, 1.54) is 22.5 Å². The highest BCUT2D eigenvalue weighted by Crippen LogP contribution is 2.35. The minimum absolute atomic E-state index is 0.0350. The molecule has 0 fully saturated rings. The second-order valence-electron chi connectivity index (χ2n) is 9.74. The molecule has 0 amide bonds. The summed E-state index contributed by atoms with van der Waals surface area (Å²) < 4.78 is 10.8. The third-order valence-corrected chi connectivity index (χ3v) is 6.80. The Morgan fingerprint density at radius 2 is 1.73 bits per heavy atom. The van der Waals surface area contributed by atoms with Gasteiger partial charge in [0.05, 0.1) is 18.9 Å². The third kappa shape index (κ3) is 3.31. The molecule has 4 heterocycles. The van der Waals surface area contributed by atoms with E-state index in [0.29, 0.717) is 17.5 Å². The van der Waals surface area contributed by atoms with Crippen molar-refractivity contribution in [3.05, 3.63) is 71.3 Å². The summed E-state index contributed by atoms with van der Waals surface area (Å²) in [5.74, 6) is 1.95. The lowest BCUT2D eigenvalue weighted by atomic mass is 9.57. The molecule has 0 saturated heterocycles. The number of pyridine rings is 1.